The Morgan fingerprint density at radius 2 is 1.72 bits per heavy atom. The van der Waals surface area contributed by atoms with Crippen LogP contribution in [0.2, 0.25) is 0 Å². The summed E-state index contributed by atoms with van der Waals surface area (Å²) in [5.74, 6) is 2.84. The van der Waals surface area contributed by atoms with Crippen LogP contribution in [-0.2, 0) is 9.53 Å². The molecule has 2 N–H and O–H groups in total. The van der Waals surface area contributed by atoms with Gasteiger partial charge < -0.3 is 15.2 Å². The van der Waals surface area contributed by atoms with E-state index >= 15 is 0 Å². The van der Waals surface area contributed by atoms with E-state index < -0.39 is 5.97 Å². The Labute approximate surface area is 284 Å². The minimum Gasteiger partial charge on any atom is -0.478 e. The minimum absolute atomic E-state index is 0.00919. The lowest BCUT2D eigenvalue weighted by Gasteiger charge is -2.72. The number of carbonyl (C=O) groups is 1. The Bertz CT molecular complexity index is 1370. The van der Waals surface area contributed by atoms with Crippen LogP contribution in [0.5, 0.6) is 0 Å². The zero-order valence-corrected chi connectivity index (χ0v) is 30.1. The number of allylic oxidation sites excluding steroid dienone is 6. The van der Waals surface area contributed by atoms with Crippen molar-refractivity contribution in [2.45, 2.75) is 136 Å². The molecule has 0 amide bonds. The molecular formula is C42H62FNO3. The summed E-state index contributed by atoms with van der Waals surface area (Å²) in [7, 11) is 0. The molecule has 0 aromatic rings. The van der Waals surface area contributed by atoms with Gasteiger partial charge >= 0.3 is 5.97 Å². The second-order valence-corrected chi connectivity index (χ2v) is 18.3. The molecule has 4 nitrogen and oxygen atoms in total. The van der Waals surface area contributed by atoms with E-state index in [0.717, 1.165) is 37.4 Å². The van der Waals surface area contributed by atoms with Gasteiger partial charge in [-0.3, -0.25) is 0 Å². The summed E-state index contributed by atoms with van der Waals surface area (Å²) < 4.78 is 19.0. The zero-order chi connectivity index (χ0) is 33.2. The van der Waals surface area contributed by atoms with Crippen LogP contribution in [0.15, 0.2) is 46.9 Å². The summed E-state index contributed by atoms with van der Waals surface area (Å²) in [5, 5.41) is 14.0. The summed E-state index contributed by atoms with van der Waals surface area (Å²) in [6.45, 7) is 16.1. The Morgan fingerprint density at radius 3 is 2.47 bits per heavy atom. The number of rotatable bonds is 7. The number of carboxylic acid groups (broad SMARTS) is 1. The predicted molar refractivity (Wildman–Crippen MR) is 187 cm³/mol. The molecule has 0 aromatic carbocycles. The van der Waals surface area contributed by atoms with Crippen LogP contribution in [0.4, 0.5) is 4.39 Å². The van der Waals surface area contributed by atoms with E-state index in [9.17, 15) is 14.3 Å². The highest BCUT2D eigenvalue weighted by Gasteiger charge is 2.69. The minimum atomic E-state index is -0.933. The Hall–Kier alpha value is -1.72. The van der Waals surface area contributed by atoms with E-state index in [2.05, 4.69) is 52.1 Å². The fourth-order valence-corrected chi connectivity index (χ4v) is 14.0. The van der Waals surface area contributed by atoms with Gasteiger partial charge in [-0.25, -0.2) is 9.18 Å². The molecule has 1 aliphatic heterocycles. The van der Waals surface area contributed by atoms with Gasteiger partial charge in [-0.15, -0.1) is 0 Å². The molecule has 0 spiro atoms. The summed E-state index contributed by atoms with van der Waals surface area (Å²) >= 11 is 0. The number of hydrogen-bond acceptors (Lipinski definition) is 3. The van der Waals surface area contributed by atoms with E-state index in [4.69, 9.17) is 4.74 Å². The fraction of sp³-hybridized carbons (Fsp3) is 0.786. The summed E-state index contributed by atoms with van der Waals surface area (Å²) in [6.07, 6.45) is 24.5. The molecule has 7 aliphatic rings. The van der Waals surface area contributed by atoms with Gasteiger partial charge in [-0.1, -0.05) is 53.2 Å². The van der Waals surface area contributed by atoms with Crippen molar-refractivity contribution in [1.29, 1.82) is 0 Å². The average molecular weight is 648 g/mol. The van der Waals surface area contributed by atoms with Crippen LogP contribution in [0.3, 0.4) is 0 Å². The maximum Gasteiger partial charge on any atom is 0.332 e. The number of ether oxygens (including phenoxy) is 1. The first-order valence-corrected chi connectivity index (χ1v) is 19.3. The van der Waals surface area contributed by atoms with E-state index in [1.807, 2.05) is 0 Å². The first-order chi connectivity index (χ1) is 22.4. The molecule has 1 saturated heterocycles. The molecule has 260 valence electrons. The Morgan fingerprint density at radius 1 is 0.936 bits per heavy atom. The normalized spacial score (nSPS) is 43.4. The van der Waals surface area contributed by atoms with Gasteiger partial charge in [0.25, 0.3) is 0 Å². The van der Waals surface area contributed by atoms with Crippen molar-refractivity contribution in [1.82, 2.24) is 5.32 Å². The largest absolute Gasteiger partial charge is 0.478 e. The third kappa shape index (κ3) is 5.21. The lowest BCUT2D eigenvalue weighted by molar-refractivity contribution is -0.218. The van der Waals surface area contributed by atoms with Crippen LogP contribution < -0.4 is 5.32 Å². The van der Waals surface area contributed by atoms with E-state index in [1.165, 1.54) is 101 Å². The number of nitrogens with one attached hydrogen (secondary N) is 1. The van der Waals surface area contributed by atoms with E-state index in [-0.39, 0.29) is 10.8 Å². The molecule has 7 rings (SSSR count). The molecule has 5 heteroatoms. The smallest absolute Gasteiger partial charge is 0.332 e. The molecular weight excluding hydrogens is 585 g/mol. The quantitative estimate of drug-likeness (QED) is 0.289. The third-order valence-electron chi connectivity index (χ3n) is 16.5. The topological polar surface area (TPSA) is 58.6 Å². The van der Waals surface area contributed by atoms with Gasteiger partial charge in [0.05, 0.1) is 6.33 Å². The van der Waals surface area contributed by atoms with Gasteiger partial charge in [0.15, 0.2) is 0 Å². The summed E-state index contributed by atoms with van der Waals surface area (Å²) in [4.78, 5) is 11.9. The van der Waals surface area contributed by atoms with Crippen molar-refractivity contribution in [3.8, 4) is 0 Å². The molecule has 1 heterocycles. The first kappa shape index (κ1) is 33.8. The Kier molecular flexibility index (Phi) is 8.80. The Balaban J connectivity index is 1.11. The highest BCUT2D eigenvalue weighted by molar-refractivity contribution is 5.89. The fourth-order valence-electron chi connectivity index (χ4n) is 14.0. The molecule has 6 aliphatic carbocycles. The van der Waals surface area contributed by atoms with Gasteiger partial charge in [-0.05, 0) is 170 Å². The number of fused-ring (bicyclic) bond motifs is 7. The van der Waals surface area contributed by atoms with Crippen molar-refractivity contribution in [2.75, 3.05) is 19.8 Å². The van der Waals surface area contributed by atoms with Crippen molar-refractivity contribution >= 4 is 5.97 Å². The summed E-state index contributed by atoms with van der Waals surface area (Å²) in [6, 6.07) is 0. The van der Waals surface area contributed by atoms with Crippen molar-refractivity contribution in [2.24, 2.45) is 51.2 Å². The third-order valence-corrected chi connectivity index (χ3v) is 16.5. The maximum absolute atomic E-state index is 13.3. The average Bonchev–Trinajstić information content (AvgIpc) is 3.46. The number of aliphatic carboxylic acids is 1. The van der Waals surface area contributed by atoms with Crippen LogP contribution in [0.25, 0.3) is 0 Å². The van der Waals surface area contributed by atoms with Gasteiger partial charge in [0, 0.05) is 24.3 Å². The van der Waals surface area contributed by atoms with E-state index in [1.54, 1.807) is 0 Å². The molecule has 47 heavy (non-hydrogen) atoms. The SMILES string of the molecule is CC1(C)C(C2=CCC(C(=O)O)=C(/C=C/F)C2)=CC[C@@]2(C)C1CC[C@]1(C)C2CC[C@@H]2C3CCC[C@]3(NCCC3CCOCC3)CC[C@]21C. The molecule has 3 unspecified atom stereocenters. The van der Waals surface area contributed by atoms with Crippen LogP contribution >= 0.6 is 0 Å². The number of carboxylic acids is 1. The van der Waals surface area contributed by atoms with Crippen molar-refractivity contribution in [3.05, 3.63) is 46.9 Å². The maximum atomic E-state index is 13.3. The molecule has 8 atom stereocenters. The highest BCUT2D eigenvalue weighted by atomic mass is 19.1. The second-order valence-electron chi connectivity index (χ2n) is 18.3. The van der Waals surface area contributed by atoms with Gasteiger partial charge in [0.1, 0.15) is 0 Å². The molecule has 0 aromatic heterocycles. The standard InChI is InChI=1S/C42H62FNO3/c1-38(2)32(30-8-9-31(37(45)46)29(27-30)14-23-43)12-19-39(3)35(38)13-20-41(5)36(39)11-10-33-34-7-6-18-42(34,22-21-40(33,41)4)44-24-15-28-16-25-47-26-17-28/h8,12,14,23,28,33-36,44H,6-7,9-11,13,15-22,24-27H2,1-5H3,(H,45,46)/b23-14+/t33-,34?,35?,36?,39+,40-,41-,42+/m1/s1. The highest BCUT2D eigenvalue weighted by Crippen LogP contribution is 2.76. The summed E-state index contributed by atoms with van der Waals surface area (Å²) in [5.41, 5.74) is 4.88. The molecule has 4 saturated carbocycles. The molecule has 0 radical (unpaired) electrons. The van der Waals surface area contributed by atoms with Crippen molar-refractivity contribution in [3.63, 3.8) is 0 Å². The van der Waals surface area contributed by atoms with Crippen molar-refractivity contribution < 1.29 is 19.0 Å². The predicted octanol–water partition coefficient (Wildman–Crippen LogP) is 10.1. The molecule has 0 bridgehead atoms. The second kappa shape index (κ2) is 12.3. The first-order valence-electron chi connectivity index (χ1n) is 19.3. The van der Waals surface area contributed by atoms with Crippen LogP contribution in [0, 0.1) is 51.2 Å². The van der Waals surface area contributed by atoms with Gasteiger partial charge in [0.2, 0.25) is 0 Å². The van der Waals surface area contributed by atoms with Crippen LogP contribution in [0.1, 0.15) is 131 Å². The van der Waals surface area contributed by atoms with Gasteiger partial charge in [-0.2, -0.15) is 0 Å². The lowest BCUT2D eigenvalue weighted by atomic mass is 9.33. The van der Waals surface area contributed by atoms with Crippen LogP contribution in [-0.4, -0.2) is 36.4 Å². The number of halogens is 1. The monoisotopic (exact) mass is 647 g/mol. The molecule has 5 fully saturated rings. The van der Waals surface area contributed by atoms with E-state index in [0.29, 0.717) is 58.5 Å². The number of hydrogen-bond donors (Lipinski definition) is 2. The zero-order valence-electron chi connectivity index (χ0n) is 30.1. The lowest BCUT2D eigenvalue weighted by Crippen LogP contribution is -2.67.